The zero-order valence-electron chi connectivity index (χ0n) is 19.5. The molecule has 0 aliphatic heterocycles. The van der Waals surface area contributed by atoms with Crippen LogP contribution in [0.1, 0.15) is 20.7 Å². The molecule has 0 saturated heterocycles. The predicted octanol–water partition coefficient (Wildman–Crippen LogP) is 7.14. The maximum Gasteiger partial charge on any atom is 0.565 e. The molecule has 0 unspecified atom stereocenters. The Bertz CT molecular complexity index is 1360. The van der Waals surface area contributed by atoms with Crippen molar-refractivity contribution in [2.45, 2.75) is 0 Å². The fraction of sp³-hybridized carbons (Fsp3) is 0. The van der Waals surface area contributed by atoms with Crippen molar-refractivity contribution in [2.75, 3.05) is 0 Å². The Morgan fingerprint density at radius 2 is 0.842 bits per heavy atom. The van der Waals surface area contributed by atoms with Crippen LogP contribution < -0.4 is 9.47 Å². The van der Waals surface area contributed by atoms with Crippen molar-refractivity contribution in [1.29, 1.82) is 0 Å². The van der Waals surface area contributed by atoms with Gasteiger partial charge < -0.3 is 9.47 Å². The minimum Gasteiger partial charge on any atom is -0.457 e. The lowest BCUT2D eigenvalue weighted by molar-refractivity contribution is 0.0450. The van der Waals surface area contributed by atoms with Crippen LogP contribution in [0.4, 0.5) is 4.79 Å². The van der Waals surface area contributed by atoms with Crippen molar-refractivity contribution in [1.82, 2.24) is 0 Å². The summed E-state index contributed by atoms with van der Waals surface area (Å²) in [4.78, 5) is 45.1. The first-order valence-electron chi connectivity index (χ1n) is 11.0. The molecule has 0 aliphatic carbocycles. The summed E-state index contributed by atoms with van der Waals surface area (Å²) in [5, 5.41) is 12.7. The summed E-state index contributed by atoms with van der Waals surface area (Å²) in [5.74, 6) is -0.187. The third-order valence-corrected chi connectivity index (χ3v) is 4.67. The van der Waals surface area contributed by atoms with Gasteiger partial charge in [-0.2, -0.15) is 4.79 Å². The molecule has 188 valence electrons. The second kappa shape index (κ2) is 12.8. The minimum absolute atomic E-state index is 0.0822. The van der Waals surface area contributed by atoms with Gasteiger partial charge in [-0.15, -0.1) is 0 Å². The summed E-state index contributed by atoms with van der Waals surface area (Å²) >= 11 is 0. The zero-order chi connectivity index (χ0) is 26.6. The van der Waals surface area contributed by atoms with E-state index in [4.69, 9.17) is 9.47 Å². The van der Waals surface area contributed by atoms with E-state index in [2.05, 4.69) is 30.5 Å². The smallest absolute Gasteiger partial charge is 0.457 e. The van der Waals surface area contributed by atoms with Crippen LogP contribution in [-0.4, -0.2) is 18.0 Å². The number of ether oxygens (including phenoxy) is 2. The number of amides is 2. The van der Waals surface area contributed by atoms with E-state index >= 15 is 0 Å². The third kappa shape index (κ3) is 7.15. The minimum atomic E-state index is -1.47. The Morgan fingerprint density at radius 1 is 0.474 bits per heavy atom. The number of para-hydroxylation sites is 4. The summed E-state index contributed by atoms with van der Waals surface area (Å²) in [6.07, 6.45) is -1.47. The van der Waals surface area contributed by atoms with Gasteiger partial charge in [-0.1, -0.05) is 70.9 Å². The topological polar surface area (TPSA) is 138 Å². The first-order valence-corrected chi connectivity index (χ1v) is 11.0. The molecular weight excluding hydrogens is 492 g/mol. The highest BCUT2D eigenvalue weighted by Gasteiger charge is 2.15. The molecule has 38 heavy (non-hydrogen) atoms. The second-order valence-electron chi connectivity index (χ2n) is 7.23. The Balaban J connectivity index is 1.30. The van der Waals surface area contributed by atoms with Gasteiger partial charge >= 0.3 is 18.0 Å². The Hall–Kier alpha value is -5.71. The lowest BCUT2D eigenvalue weighted by Crippen LogP contribution is -2.02. The molecule has 4 aromatic rings. The molecule has 0 fully saturated rings. The maximum atomic E-state index is 12.4. The standard InChI is InChI=1S/C27H18N4O7/c32-25(21-15-7-9-17-23(21)35-19-11-3-1-4-12-19)28-30-37-27(34)38-31-29-26(33)22-16-8-10-18-24(22)36-20-13-5-2-6-14-20/h1-18H. The van der Waals surface area contributed by atoms with E-state index < -0.39 is 18.0 Å². The van der Waals surface area contributed by atoms with Crippen LogP contribution in [0.15, 0.2) is 130 Å². The van der Waals surface area contributed by atoms with E-state index in [1.165, 1.54) is 12.1 Å². The van der Waals surface area contributed by atoms with E-state index in [0.29, 0.717) is 11.5 Å². The average Bonchev–Trinajstić information content (AvgIpc) is 2.94. The largest absolute Gasteiger partial charge is 0.565 e. The van der Waals surface area contributed by atoms with Gasteiger partial charge in [-0.3, -0.25) is 19.3 Å². The van der Waals surface area contributed by atoms with Gasteiger partial charge in [0.1, 0.15) is 23.0 Å². The molecule has 0 atom stereocenters. The van der Waals surface area contributed by atoms with Gasteiger partial charge in [0.15, 0.2) is 0 Å². The van der Waals surface area contributed by atoms with Crippen LogP contribution in [0.5, 0.6) is 23.0 Å². The summed E-state index contributed by atoms with van der Waals surface area (Å²) < 4.78 is 11.4. The molecular formula is C27H18N4O7. The van der Waals surface area contributed by atoms with E-state index in [9.17, 15) is 14.4 Å². The third-order valence-electron chi connectivity index (χ3n) is 4.67. The number of rotatable bonds is 8. The van der Waals surface area contributed by atoms with Crippen LogP contribution in [0, 0.1) is 0 Å². The van der Waals surface area contributed by atoms with E-state index in [-0.39, 0.29) is 22.6 Å². The molecule has 0 bridgehead atoms. The quantitative estimate of drug-likeness (QED) is 0.181. The Kier molecular flexibility index (Phi) is 8.58. The van der Waals surface area contributed by atoms with E-state index in [1.807, 2.05) is 12.1 Å². The molecule has 0 spiro atoms. The molecule has 0 saturated carbocycles. The van der Waals surface area contributed by atoms with Crippen molar-refractivity contribution in [3.63, 3.8) is 0 Å². The van der Waals surface area contributed by atoms with Crippen molar-refractivity contribution >= 4 is 18.0 Å². The van der Waals surface area contributed by atoms with Crippen LogP contribution >= 0.6 is 0 Å². The predicted molar refractivity (Wildman–Crippen MR) is 132 cm³/mol. The number of benzene rings is 4. The van der Waals surface area contributed by atoms with Gasteiger partial charge in [-0.05, 0) is 48.5 Å². The Morgan fingerprint density at radius 3 is 1.26 bits per heavy atom. The van der Waals surface area contributed by atoms with E-state index in [1.54, 1.807) is 84.9 Å². The highest BCUT2D eigenvalue weighted by molar-refractivity contribution is 5.97. The molecule has 0 aliphatic rings. The number of hydrogen-bond donors (Lipinski definition) is 0. The van der Waals surface area contributed by atoms with Crippen molar-refractivity contribution in [3.8, 4) is 23.0 Å². The zero-order valence-corrected chi connectivity index (χ0v) is 19.5. The van der Waals surface area contributed by atoms with Crippen LogP contribution in [-0.2, 0) is 9.68 Å². The SMILES string of the molecule is O=C(ON=NC(=O)c1ccccc1Oc1ccccc1)ON=NC(=O)c1ccccc1Oc1ccccc1. The second-order valence-corrected chi connectivity index (χ2v) is 7.23. The lowest BCUT2D eigenvalue weighted by Gasteiger charge is -2.08. The van der Waals surface area contributed by atoms with Gasteiger partial charge in [0.25, 0.3) is 0 Å². The number of hydrogen-bond acceptors (Lipinski definition) is 9. The average molecular weight is 510 g/mol. The van der Waals surface area contributed by atoms with Crippen LogP contribution in [0.25, 0.3) is 0 Å². The highest BCUT2D eigenvalue weighted by Crippen LogP contribution is 2.27. The molecule has 4 aromatic carbocycles. The molecule has 11 heteroatoms. The fourth-order valence-corrected chi connectivity index (χ4v) is 3.00. The molecule has 0 radical (unpaired) electrons. The first kappa shape index (κ1) is 25.4. The number of carbonyl (C=O) groups excluding carboxylic acids is 3. The molecule has 11 nitrogen and oxygen atoms in total. The number of carbonyl (C=O) groups is 3. The number of nitrogens with zero attached hydrogens (tertiary/aromatic N) is 4. The summed E-state index contributed by atoms with van der Waals surface area (Å²) in [5.41, 5.74) is 0.164. The first-order chi connectivity index (χ1) is 18.6. The molecule has 0 heterocycles. The van der Waals surface area contributed by atoms with Crippen LogP contribution in [0.3, 0.4) is 0 Å². The molecule has 0 N–H and O–H groups in total. The maximum absolute atomic E-state index is 12.4. The van der Waals surface area contributed by atoms with Crippen molar-refractivity contribution in [3.05, 3.63) is 120 Å². The van der Waals surface area contributed by atoms with Crippen molar-refractivity contribution in [2.24, 2.45) is 20.8 Å². The fourth-order valence-electron chi connectivity index (χ4n) is 3.00. The van der Waals surface area contributed by atoms with Gasteiger partial charge in [0.05, 0.1) is 11.1 Å². The molecule has 2 amide bonds. The Labute approximate surface area is 215 Å². The monoisotopic (exact) mass is 510 g/mol. The van der Waals surface area contributed by atoms with Crippen LogP contribution in [0.2, 0.25) is 0 Å². The van der Waals surface area contributed by atoms with Crippen molar-refractivity contribution < 1.29 is 33.5 Å². The lowest BCUT2D eigenvalue weighted by atomic mass is 10.2. The summed E-state index contributed by atoms with van der Waals surface area (Å²) in [6.45, 7) is 0. The van der Waals surface area contributed by atoms with Gasteiger partial charge in [-0.25, -0.2) is 0 Å². The summed E-state index contributed by atoms with van der Waals surface area (Å²) in [7, 11) is 0. The molecule has 0 aromatic heterocycles. The highest BCUT2D eigenvalue weighted by atomic mass is 16.9. The van der Waals surface area contributed by atoms with Gasteiger partial charge in [0.2, 0.25) is 0 Å². The summed E-state index contributed by atoms with van der Waals surface area (Å²) in [6, 6.07) is 30.3. The van der Waals surface area contributed by atoms with Gasteiger partial charge in [0, 0.05) is 10.6 Å². The van der Waals surface area contributed by atoms with E-state index in [0.717, 1.165) is 0 Å². The molecule has 4 rings (SSSR count). The normalized spacial score (nSPS) is 10.7.